The molecule has 0 N–H and O–H groups in total. The summed E-state index contributed by atoms with van der Waals surface area (Å²) < 4.78 is 0. The van der Waals surface area contributed by atoms with Gasteiger partial charge in [0, 0.05) is 23.5 Å². The largest absolute Gasteiger partial charge is 0.356 e. The minimum absolute atomic E-state index is 0.318. The number of halogens is 1. The van der Waals surface area contributed by atoms with Crippen LogP contribution in [-0.4, -0.2) is 23.1 Å². The van der Waals surface area contributed by atoms with Crippen LogP contribution in [0, 0.1) is 6.92 Å². The Kier molecular flexibility index (Phi) is 5.07. The number of nitrogens with zero attached hydrogens (tertiary/aromatic N) is 3. The number of benzene rings is 1. The summed E-state index contributed by atoms with van der Waals surface area (Å²) in [5.74, 6) is 0.939. The highest BCUT2D eigenvalue weighted by atomic mass is 35.5. The van der Waals surface area contributed by atoms with Crippen molar-refractivity contribution in [1.82, 2.24) is 9.97 Å². The molecule has 1 aromatic carbocycles. The maximum absolute atomic E-state index is 6.19. The van der Waals surface area contributed by atoms with Gasteiger partial charge in [0.15, 0.2) is 0 Å². The fourth-order valence-electron chi connectivity index (χ4n) is 3.07. The summed E-state index contributed by atoms with van der Waals surface area (Å²) in [6.45, 7) is 10.4. The Morgan fingerprint density at radius 3 is 2.29 bits per heavy atom. The summed E-state index contributed by atoms with van der Waals surface area (Å²) in [4.78, 5) is 13.5. The van der Waals surface area contributed by atoms with Crippen LogP contribution in [0.4, 0.5) is 5.82 Å². The lowest BCUT2D eigenvalue weighted by molar-refractivity contribution is 0.849. The van der Waals surface area contributed by atoms with E-state index in [1.165, 1.54) is 21.6 Å². The summed E-state index contributed by atoms with van der Waals surface area (Å²) in [6, 6.07) is 8.81. The summed E-state index contributed by atoms with van der Waals surface area (Å²) in [5, 5.41) is 1.44. The molecule has 0 saturated heterocycles. The first-order valence-corrected chi connectivity index (χ1v) is 9.59. The lowest BCUT2D eigenvalue weighted by atomic mass is 10.0. The zero-order chi connectivity index (χ0) is 17.3. The van der Waals surface area contributed by atoms with Gasteiger partial charge in [-0.15, -0.1) is 11.3 Å². The number of fused-ring (bicyclic) bond motifs is 1. The van der Waals surface area contributed by atoms with E-state index in [0.29, 0.717) is 5.28 Å². The molecular weight excluding hydrogens is 338 g/mol. The molecule has 5 heteroatoms. The second kappa shape index (κ2) is 7.08. The molecule has 0 amide bonds. The van der Waals surface area contributed by atoms with Gasteiger partial charge < -0.3 is 4.90 Å². The normalized spacial score (nSPS) is 11.2. The van der Waals surface area contributed by atoms with Gasteiger partial charge in [-0.3, -0.25) is 0 Å². The Labute approximate surface area is 152 Å². The molecule has 3 nitrogen and oxygen atoms in total. The van der Waals surface area contributed by atoms with Crippen molar-refractivity contribution in [2.45, 2.75) is 34.1 Å². The third-order valence-electron chi connectivity index (χ3n) is 4.40. The molecule has 24 heavy (non-hydrogen) atoms. The van der Waals surface area contributed by atoms with E-state index in [1.54, 1.807) is 11.3 Å². The van der Waals surface area contributed by atoms with Gasteiger partial charge in [-0.05, 0) is 49.9 Å². The molecule has 0 aliphatic carbocycles. The Bertz CT molecular complexity index is 851. The molecule has 0 unspecified atom stereocenters. The summed E-state index contributed by atoms with van der Waals surface area (Å²) in [7, 11) is 0. The molecule has 0 fully saturated rings. The van der Waals surface area contributed by atoms with Gasteiger partial charge in [0.1, 0.15) is 10.6 Å². The molecular formula is C19H22ClN3S. The van der Waals surface area contributed by atoms with E-state index in [9.17, 15) is 0 Å². The van der Waals surface area contributed by atoms with Crippen molar-refractivity contribution in [3.05, 3.63) is 40.0 Å². The molecule has 0 aliphatic heterocycles. The molecule has 0 atom stereocenters. The van der Waals surface area contributed by atoms with Gasteiger partial charge in [-0.25, -0.2) is 4.98 Å². The van der Waals surface area contributed by atoms with E-state index in [4.69, 9.17) is 11.6 Å². The first-order chi connectivity index (χ1) is 11.6. The lowest BCUT2D eigenvalue weighted by Crippen LogP contribution is -2.23. The van der Waals surface area contributed by atoms with E-state index in [2.05, 4.69) is 66.8 Å². The average Bonchev–Trinajstić information content (AvgIpc) is 2.91. The third-order valence-corrected chi connectivity index (χ3v) is 5.56. The highest BCUT2D eigenvalue weighted by Gasteiger charge is 2.20. The highest BCUT2D eigenvalue weighted by Crippen LogP contribution is 2.42. The molecule has 0 saturated carbocycles. The zero-order valence-corrected chi connectivity index (χ0v) is 16.1. The van der Waals surface area contributed by atoms with E-state index in [1.807, 2.05) is 0 Å². The molecule has 0 spiro atoms. The maximum Gasteiger partial charge on any atom is 0.225 e. The summed E-state index contributed by atoms with van der Waals surface area (Å²) in [5.41, 5.74) is 3.80. The van der Waals surface area contributed by atoms with Crippen LogP contribution in [0.5, 0.6) is 0 Å². The van der Waals surface area contributed by atoms with Crippen molar-refractivity contribution in [1.29, 1.82) is 0 Å². The first-order valence-electron chi connectivity index (χ1n) is 8.39. The number of aryl methyl sites for hydroxylation is 2. The molecule has 2 heterocycles. The predicted molar refractivity (Wildman–Crippen MR) is 106 cm³/mol. The number of rotatable bonds is 5. The summed E-state index contributed by atoms with van der Waals surface area (Å²) in [6.07, 6.45) is 1.05. The number of thiophene rings is 1. The van der Waals surface area contributed by atoms with Crippen molar-refractivity contribution in [2.75, 3.05) is 18.0 Å². The van der Waals surface area contributed by atoms with E-state index in [0.717, 1.165) is 35.5 Å². The number of aromatic nitrogens is 2. The van der Waals surface area contributed by atoms with E-state index >= 15 is 0 Å². The lowest BCUT2D eigenvalue weighted by Gasteiger charge is -2.21. The number of hydrogen-bond donors (Lipinski definition) is 0. The Hall–Kier alpha value is -1.65. The summed E-state index contributed by atoms with van der Waals surface area (Å²) >= 11 is 7.87. The molecule has 0 radical (unpaired) electrons. The van der Waals surface area contributed by atoms with Crippen LogP contribution < -0.4 is 4.90 Å². The molecule has 126 valence electrons. The fraction of sp³-hybridized carbons (Fsp3) is 0.368. The molecule has 0 bridgehead atoms. The van der Waals surface area contributed by atoms with Crippen molar-refractivity contribution >= 4 is 39.0 Å². The smallest absolute Gasteiger partial charge is 0.225 e. The van der Waals surface area contributed by atoms with E-state index in [-0.39, 0.29) is 0 Å². The van der Waals surface area contributed by atoms with Gasteiger partial charge in [-0.1, -0.05) is 31.2 Å². The topological polar surface area (TPSA) is 29.0 Å². The highest BCUT2D eigenvalue weighted by molar-refractivity contribution is 7.19. The zero-order valence-electron chi connectivity index (χ0n) is 14.6. The minimum Gasteiger partial charge on any atom is -0.356 e. The van der Waals surface area contributed by atoms with Gasteiger partial charge in [-0.2, -0.15) is 4.98 Å². The fourth-order valence-corrected chi connectivity index (χ4v) is 4.33. The van der Waals surface area contributed by atoms with Crippen LogP contribution in [0.2, 0.25) is 5.28 Å². The molecule has 3 aromatic rings. The Morgan fingerprint density at radius 2 is 1.71 bits per heavy atom. The Morgan fingerprint density at radius 1 is 1.04 bits per heavy atom. The van der Waals surface area contributed by atoms with Crippen LogP contribution in [0.25, 0.3) is 21.3 Å². The Balaban J connectivity index is 2.28. The average molecular weight is 360 g/mol. The second-order valence-corrected chi connectivity index (χ2v) is 7.29. The van der Waals surface area contributed by atoms with Crippen LogP contribution >= 0.6 is 22.9 Å². The van der Waals surface area contributed by atoms with Crippen LogP contribution in [-0.2, 0) is 6.42 Å². The van der Waals surface area contributed by atoms with Gasteiger partial charge in [0.2, 0.25) is 5.28 Å². The van der Waals surface area contributed by atoms with E-state index < -0.39 is 0 Å². The van der Waals surface area contributed by atoms with Crippen molar-refractivity contribution < 1.29 is 0 Å². The molecule has 3 rings (SSSR count). The number of hydrogen-bond acceptors (Lipinski definition) is 4. The molecule has 2 aromatic heterocycles. The van der Waals surface area contributed by atoms with Gasteiger partial charge in [0.25, 0.3) is 0 Å². The van der Waals surface area contributed by atoms with Crippen molar-refractivity contribution in [2.24, 2.45) is 0 Å². The van der Waals surface area contributed by atoms with Gasteiger partial charge in [0.05, 0.1) is 5.39 Å². The maximum atomic E-state index is 6.19. The predicted octanol–water partition coefficient (Wildman–Crippen LogP) is 5.73. The second-order valence-electron chi connectivity index (χ2n) is 5.75. The van der Waals surface area contributed by atoms with Crippen molar-refractivity contribution in [3.63, 3.8) is 0 Å². The molecule has 0 aliphatic rings. The quantitative estimate of drug-likeness (QED) is 0.545. The van der Waals surface area contributed by atoms with Crippen LogP contribution in [0.1, 0.15) is 31.2 Å². The van der Waals surface area contributed by atoms with Crippen LogP contribution in [0.3, 0.4) is 0 Å². The SMILES string of the molecule is CCc1ccc(-c2c(C)sc3nc(Cl)nc(N(CC)CC)c23)cc1. The monoisotopic (exact) mass is 359 g/mol. The standard InChI is InChI=1S/C19H22ClN3S/c1-5-13-8-10-14(11-9-13)15-12(4)24-18-16(15)17(21-19(20)22-18)23(6-2)7-3/h8-11H,5-7H2,1-4H3. The van der Waals surface area contributed by atoms with Crippen LogP contribution in [0.15, 0.2) is 24.3 Å². The first kappa shape index (κ1) is 17.2. The van der Waals surface area contributed by atoms with Gasteiger partial charge >= 0.3 is 0 Å². The number of anilines is 1. The van der Waals surface area contributed by atoms with Crippen molar-refractivity contribution in [3.8, 4) is 11.1 Å². The minimum atomic E-state index is 0.318. The third kappa shape index (κ3) is 3.01.